The lowest BCUT2D eigenvalue weighted by Crippen LogP contribution is -2.09. The summed E-state index contributed by atoms with van der Waals surface area (Å²) in [4.78, 5) is 4.21. The number of halogens is 1. The number of nitrogens with zero attached hydrogens (tertiary/aromatic N) is 1. The molecule has 0 aliphatic carbocycles. The second-order valence-electron chi connectivity index (χ2n) is 3.58. The van der Waals surface area contributed by atoms with Crippen molar-refractivity contribution < 1.29 is 4.39 Å². The van der Waals surface area contributed by atoms with Crippen LogP contribution < -0.4 is 11.1 Å². The smallest absolute Gasteiger partial charge is 0.132 e. The SMILES string of the molecule is C/C=C(\N=C(N)CC)c1cc(NC)ccc1F. The topological polar surface area (TPSA) is 50.4 Å². The molecule has 0 amide bonds. The second kappa shape index (κ2) is 6.03. The first-order valence-corrected chi connectivity index (χ1v) is 5.59. The van der Waals surface area contributed by atoms with Crippen LogP contribution in [0.4, 0.5) is 10.1 Å². The van der Waals surface area contributed by atoms with Gasteiger partial charge in [-0.25, -0.2) is 9.38 Å². The lowest BCUT2D eigenvalue weighted by molar-refractivity contribution is 0.624. The van der Waals surface area contributed by atoms with Gasteiger partial charge in [-0.1, -0.05) is 13.0 Å². The molecule has 4 heteroatoms. The molecule has 1 aromatic rings. The van der Waals surface area contributed by atoms with E-state index in [1.54, 1.807) is 25.3 Å². The monoisotopic (exact) mass is 235 g/mol. The van der Waals surface area contributed by atoms with Gasteiger partial charge in [-0.15, -0.1) is 0 Å². The van der Waals surface area contributed by atoms with Crippen LogP contribution in [0.2, 0.25) is 0 Å². The van der Waals surface area contributed by atoms with Gasteiger partial charge >= 0.3 is 0 Å². The molecule has 17 heavy (non-hydrogen) atoms. The van der Waals surface area contributed by atoms with E-state index in [0.29, 0.717) is 23.5 Å². The number of hydrogen-bond acceptors (Lipinski definition) is 2. The van der Waals surface area contributed by atoms with Gasteiger partial charge in [-0.2, -0.15) is 0 Å². The van der Waals surface area contributed by atoms with Crippen molar-refractivity contribution in [2.45, 2.75) is 20.3 Å². The number of aliphatic imine (C=N–C) groups is 1. The Bertz CT molecular complexity index is 450. The Morgan fingerprint density at radius 3 is 2.76 bits per heavy atom. The Morgan fingerprint density at radius 2 is 2.24 bits per heavy atom. The summed E-state index contributed by atoms with van der Waals surface area (Å²) in [6.45, 7) is 3.72. The molecule has 0 aliphatic rings. The number of amidine groups is 1. The van der Waals surface area contributed by atoms with Gasteiger partial charge in [-0.05, 0) is 25.1 Å². The van der Waals surface area contributed by atoms with Crippen LogP contribution in [0.1, 0.15) is 25.8 Å². The number of anilines is 1. The Kier molecular flexibility index (Phi) is 4.69. The lowest BCUT2D eigenvalue weighted by atomic mass is 10.1. The number of hydrogen-bond donors (Lipinski definition) is 2. The molecule has 0 fully saturated rings. The largest absolute Gasteiger partial charge is 0.388 e. The molecule has 0 aliphatic heterocycles. The summed E-state index contributed by atoms with van der Waals surface area (Å²) in [5.74, 6) is 0.192. The summed E-state index contributed by atoms with van der Waals surface area (Å²) in [6, 6.07) is 4.82. The summed E-state index contributed by atoms with van der Waals surface area (Å²) in [5.41, 5.74) is 7.53. The molecular formula is C13H18FN3. The summed E-state index contributed by atoms with van der Waals surface area (Å²) >= 11 is 0. The Hall–Kier alpha value is -1.84. The van der Waals surface area contributed by atoms with E-state index in [0.717, 1.165) is 5.69 Å². The summed E-state index contributed by atoms with van der Waals surface area (Å²) in [6.07, 6.45) is 2.39. The highest BCUT2D eigenvalue weighted by molar-refractivity contribution is 5.86. The zero-order valence-electron chi connectivity index (χ0n) is 10.4. The van der Waals surface area contributed by atoms with Crippen LogP contribution in [0.15, 0.2) is 29.3 Å². The highest BCUT2D eigenvalue weighted by atomic mass is 19.1. The molecule has 0 spiro atoms. The van der Waals surface area contributed by atoms with Crippen molar-refractivity contribution in [2.24, 2.45) is 10.7 Å². The molecule has 0 bridgehead atoms. The van der Waals surface area contributed by atoms with Gasteiger partial charge in [0.1, 0.15) is 5.82 Å². The average molecular weight is 235 g/mol. The molecule has 0 aromatic heterocycles. The predicted molar refractivity (Wildman–Crippen MR) is 71.5 cm³/mol. The van der Waals surface area contributed by atoms with Gasteiger partial charge in [0.2, 0.25) is 0 Å². The normalized spacial score (nSPS) is 12.7. The van der Waals surface area contributed by atoms with Crippen LogP contribution >= 0.6 is 0 Å². The molecule has 0 saturated carbocycles. The minimum Gasteiger partial charge on any atom is -0.388 e. The van der Waals surface area contributed by atoms with Crippen molar-refractivity contribution in [3.8, 4) is 0 Å². The molecule has 1 aromatic carbocycles. The maximum atomic E-state index is 13.7. The summed E-state index contributed by atoms with van der Waals surface area (Å²) < 4.78 is 13.7. The first-order chi connectivity index (χ1) is 8.12. The van der Waals surface area contributed by atoms with Crippen molar-refractivity contribution in [2.75, 3.05) is 12.4 Å². The minimum absolute atomic E-state index is 0.301. The zero-order valence-corrected chi connectivity index (χ0v) is 10.4. The van der Waals surface area contributed by atoms with Crippen molar-refractivity contribution >= 4 is 17.2 Å². The Morgan fingerprint density at radius 1 is 1.53 bits per heavy atom. The molecule has 3 nitrogen and oxygen atoms in total. The molecular weight excluding hydrogens is 217 g/mol. The van der Waals surface area contributed by atoms with Crippen LogP contribution in [0.3, 0.4) is 0 Å². The van der Waals surface area contributed by atoms with Crippen LogP contribution in [0.5, 0.6) is 0 Å². The Balaban J connectivity index is 3.21. The van der Waals surface area contributed by atoms with Gasteiger partial charge in [0.25, 0.3) is 0 Å². The van der Waals surface area contributed by atoms with E-state index in [2.05, 4.69) is 10.3 Å². The predicted octanol–water partition coefficient (Wildman–Crippen LogP) is 3.00. The fraction of sp³-hybridized carbons (Fsp3) is 0.308. The molecule has 1 rings (SSSR count). The zero-order chi connectivity index (χ0) is 12.8. The maximum absolute atomic E-state index is 13.7. The van der Waals surface area contributed by atoms with Crippen molar-refractivity contribution in [3.63, 3.8) is 0 Å². The third-order valence-corrected chi connectivity index (χ3v) is 2.43. The minimum atomic E-state index is -0.301. The highest BCUT2D eigenvalue weighted by Crippen LogP contribution is 2.23. The lowest BCUT2D eigenvalue weighted by Gasteiger charge is -2.07. The van der Waals surface area contributed by atoms with Crippen molar-refractivity contribution in [1.82, 2.24) is 0 Å². The standard InChI is InChI=1S/C13H18FN3/c1-4-12(17-13(15)5-2)10-8-9(16-3)6-7-11(10)14/h4,6-8,16H,5H2,1-3H3,(H2,15,17)/b12-4-. The quantitative estimate of drug-likeness (QED) is 0.622. The highest BCUT2D eigenvalue weighted by Gasteiger charge is 2.07. The average Bonchev–Trinajstić information content (AvgIpc) is 2.36. The van der Waals surface area contributed by atoms with Gasteiger partial charge in [0, 0.05) is 24.7 Å². The number of allylic oxidation sites excluding steroid dienone is 1. The first-order valence-electron chi connectivity index (χ1n) is 5.59. The van der Waals surface area contributed by atoms with E-state index in [9.17, 15) is 4.39 Å². The van der Waals surface area contributed by atoms with E-state index in [4.69, 9.17) is 5.73 Å². The summed E-state index contributed by atoms with van der Waals surface area (Å²) in [7, 11) is 1.79. The molecule has 0 atom stereocenters. The van der Waals surface area contributed by atoms with E-state index >= 15 is 0 Å². The molecule has 0 unspecified atom stereocenters. The number of nitrogens with two attached hydrogens (primary N) is 1. The number of rotatable bonds is 4. The third-order valence-electron chi connectivity index (χ3n) is 2.43. The summed E-state index contributed by atoms with van der Waals surface area (Å²) in [5, 5.41) is 2.97. The second-order valence-corrected chi connectivity index (χ2v) is 3.58. The van der Waals surface area contributed by atoms with E-state index in [1.165, 1.54) is 6.07 Å². The molecule has 0 saturated heterocycles. The Labute approximate surface area is 101 Å². The van der Waals surface area contributed by atoms with Crippen LogP contribution in [0.25, 0.3) is 5.70 Å². The van der Waals surface area contributed by atoms with Crippen molar-refractivity contribution in [3.05, 3.63) is 35.7 Å². The number of nitrogens with one attached hydrogen (secondary N) is 1. The van der Waals surface area contributed by atoms with Gasteiger partial charge in [-0.3, -0.25) is 0 Å². The fourth-order valence-electron chi connectivity index (χ4n) is 1.39. The van der Waals surface area contributed by atoms with E-state index in [-0.39, 0.29) is 5.82 Å². The molecule has 3 N–H and O–H groups in total. The number of benzene rings is 1. The molecule has 92 valence electrons. The third kappa shape index (κ3) is 3.31. The van der Waals surface area contributed by atoms with Crippen LogP contribution in [0, 0.1) is 5.82 Å². The molecule has 0 radical (unpaired) electrons. The van der Waals surface area contributed by atoms with Gasteiger partial charge in [0.15, 0.2) is 0 Å². The fourth-order valence-corrected chi connectivity index (χ4v) is 1.39. The van der Waals surface area contributed by atoms with Crippen LogP contribution in [-0.2, 0) is 0 Å². The van der Waals surface area contributed by atoms with Gasteiger partial charge in [0.05, 0.1) is 11.5 Å². The van der Waals surface area contributed by atoms with Crippen LogP contribution in [-0.4, -0.2) is 12.9 Å². The van der Waals surface area contributed by atoms with E-state index < -0.39 is 0 Å². The first kappa shape index (κ1) is 13.2. The van der Waals surface area contributed by atoms with Crippen molar-refractivity contribution in [1.29, 1.82) is 0 Å². The van der Waals surface area contributed by atoms with Gasteiger partial charge < -0.3 is 11.1 Å². The molecule has 0 heterocycles. The van der Waals surface area contributed by atoms with E-state index in [1.807, 2.05) is 13.8 Å². The maximum Gasteiger partial charge on any atom is 0.132 e.